The number of alkyl halides is 4. The van der Waals surface area contributed by atoms with Crippen LogP contribution in [-0.4, -0.2) is 47.4 Å². The normalized spacial score (nSPS) is 18.2. The smallest absolute Gasteiger partial charge is 0.351 e. The van der Waals surface area contributed by atoms with E-state index in [0.717, 1.165) is 36.7 Å². The van der Waals surface area contributed by atoms with Crippen LogP contribution in [0.15, 0.2) is 59.8 Å². The second-order valence-electron chi connectivity index (χ2n) is 8.37. The monoisotopic (exact) mass is 551 g/mol. The number of aromatic nitrogens is 2. The molecule has 2 aromatic carbocycles. The van der Waals surface area contributed by atoms with Crippen molar-refractivity contribution in [2.45, 2.75) is 36.3 Å². The lowest BCUT2D eigenvalue weighted by Gasteiger charge is -2.23. The molecule has 1 aliphatic rings. The lowest BCUT2D eigenvalue weighted by Crippen LogP contribution is -2.45. The van der Waals surface area contributed by atoms with E-state index in [1.165, 1.54) is 18.2 Å². The van der Waals surface area contributed by atoms with Crippen molar-refractivity contribution < 1.29 is 35.2 Å². The summed E-state index contributed by atoms with van der Waals surface area (Å²) >= 11 is 0. The molecule has 2 unspecified atom stereocenters. The molecule has 0 aliphatic carbocycles. The quantitative estimate of drug-likeness (QED) is 0.468. The number of hydrogen-bond acceptors (Lipinski definition) is 6. The fourth-order valence-electron chi connectivity index (χ4n) is 3.95. The molecular weight excluding hydrogens is 533 g/mol. The average Bonchev–Trinajstić information content (AvgIpc) is 3.29. The Balaban J connectivity index is 1.53. The van der Waals surface area contributed by atoms with Crippen molar-refractivity contribution in [3.63, 3.8) is 0 Å². The number of hydrogen-bond donors (Lipinski definition) is 1. The van der Waals surface area contributed by atoms with Crippen molar-refractivity contribution in [2.75, 3.05) is 6.54 Å². The summed E-state index contributed by atoms with van der Waals surface area (Å²) in [6, 6.07) is 8.75. The minimum atomic E-state index is -4.71. The van der Waals surface area contributed by atoms with E-state index in [2.05, 4.69) is 15.3 Å². The Hall–Kier alpha value is -3.96. The molecule has 0 spiro atoms. The Morgan fingerprint density at radius 2 is 1.76 bits per heavy atom. The minimum absolute atomic E-state index is 0.146. The molecule has 0 saturated carbocycles. The Bertz CT molecular complexity index is 1490. The molecule has 14 heteroatoms. The zero-order valence-electron chi connectivity index (χ0n) is 19.3. The van der Waals surface area contributed by atoms with Gasteiger partial charge in [0.05, 0.1) is 16.5 Å². The average molecular weight is 551 g/mol. The van der Waals surface area contributed by atoms with Gasteiger partial charge in [-0.25, -0.2) is 27.2 Å². The molecule has 0 radical (unpaired) electrons. The molecular formula is C24H18F5N5O3S. The minimum Gasteiger partial charge on any atom is -0.351 e. The maximum Gasteiger partial charge on any atom is 0.451 e. The summed E-state index contributed by atoms with van der Waals surface area (Å²) in [5.74, 6) is -2.80. The molecule has 1 saturated heterocycles. The van der Waals surface area contributed by atoms with E-state index in [4.69, 9.17) is 0 Å². The number of amides is 1. The Morgan fingerprint density at radius 1 is 1.11 bits per heavy atom. The number of benzene rings is 2. The van der Waals surface area contributed by atoms with E-state index in [1.54, 1.807) is 0 Å². The first-order valence-electron chi connectivity index (χ1n) is 11.0. The summed E-state index contributed by atoms with van der Waals surface area (Å²) in [6.45, 7) is -0.820. The lowest BCUT2D eigenvalue weighted by molar-refractivity contribution is -0.145. The van der Waals surface area contributed by atoms with Crippen LogP contribution in [0.3, 0.4) is 0 Å². The van der Waals surface area contributed by atoms with E-state index in [0.29, 0.717) is 9.87 Å². The second-order valence-corrected chi connectivity index (χ2v) is 10.3. The van der Waals surface area contributed by atoms with E-state index in [-0.39, 0.29) is 28.1 Å². The highest BCUT2D eigenvalue weighted by Crippen LogP contribution is 2.29. The maximum absolute atomic E-state index is 14.2. The number of sulfonamides is 1. The van der Waals surface area contributed by atoms with Crippen molar-refractivity contribution in [1.82, 2.24) is 19.6 Å². The third-order valence-corrected chi connectivity index (χ3v) is 7.73. The van der Waals surface area contributed by atoms with Gasteiger partial charge in [0.15, 0.2) is 0 Å². The van der Waals surface area contributed by atoms with Crippen molar-refractivity contribution >= 4 is 15.9 Å². The van der Waals surface area contributed by atoms with Gasteiger partial charge in [0.1, 0.15) is 18.0 Å². The first-order valence-corrected chi connectivity index (χ1v) is 12.5. The third kappa shape index (κ3) is 5.63. The second kappa shape index (κ2) is 10.4. The molecule has 1 amide bonds. The Kier molecular flexibility index (Phi) is 7.43. The molecule has 2 atom stereocenters. The Morgan fingerprint density at radius 3 is 2.37 bits per heavy atom. The Labute approximate surface area is 213 Å². The summed E-state index contributed by atoms with van der Waals surface area (Å²) in [7, 11) is -4.32. The standard InChI is InChI=1S/C24H18F5N5O3S/c25-18-3-5-20(6-4-18)38(36,37)34-13-19(26)8-21(34)22(35)31-10-16-7-14(1-2-15(16)9-30)17-11-32-23(33-12-17)24(27,28)29/h1-7,11-12,19,21H,8,10,13H2,(H,31,35). The van der Waals surface area contributed by atoms with E-state index < -0.39 is 58.9 Å². The molecule has 0 bridgehead atoms. The molecule has 1 N–H and O–H groups in total. The van der Waals surface area contributed by atoms with Crippen LogP contribution in [0, 0.1) is 17.1 Å². The van der Waals surface area contributed by atoms with Gasteiger partial charge in [-0.1, -0.05) is 6.07 Å². The van der Waals surface area contributed by atoms with Gasteiger partial charge in [-0.2, -0.15) is 22.7 Å². The fourth-order valence-corrected chi connectivity index (χ4v) is 5.58. The largest absolute Gasteiger partial charge is 0.451 e. The van der Waals surface area contributed by atoms with Gasteiger partial charge in [0.2, 0.25) is 21.8 Å². The third-order valence-electron chi connectivity index (χ3n) is 5.85. The van der Waals surface area contributed by atoms with E-state index >= 15 is 0 Å². The van der Waals surface area contributed by atoms with Crippen LogP contribution < -0.4 is 5.32 Å². The predicted octanol–water partition coefficient (Wildman–Crippen LogP) is 3.59. The molecule has 198 valence electrons. The number of carbonyl (C=O) groups is 1. The van der Waals surface area contributed by atoms with Crippen molar-refractivity contribution in [2.24, 2.45) is 0 Å². The number of carbonyl (C=O) groups excluding carboxylic acids is 1. The van der Waals surface area contributed by atoms with Crippen LogP contribution in [-0.2, 0) is 27.5 Å². The van der Waals surface area contributed by atoms with Gasteiger partial charge in [0, 0.05) is 37.5 Å². The van der Waals surface area contributed by atoms with Crippen molar-refractivity contribution in [1.29, 1.82) is 5.26 Å². The van der Waals surface area contributed by atoms with Gasteiger partial charge < -0.3 is 5.32 Å². The van der Waals surface area contributed by atoms with Crippen molar-refractivity contribution in [3.05, 3.63) is 77.6 Å². The van der Waals surface area contributed by atoms with E-state index in [9.17, 15) is 40.4 Å². The summed E-state index contributed by atoms with van der Waals surface area (Å²) < 4.78 is 92.4. The van der Waals surface area contributed by atoms with Crippen LogP contribution in [0.25, 0.3) is 11.1 Å². The molecule has 8 nitrogen and oxygen atoms in total. The molecule has 1 fully saturated rings. The van der Waals surface area contributed by atoms with Crippen LogP contribution in [0.4, 0.5) is 22.0 Å². The first kappa shape index (κ1) is 27.1. The number of nitrogens with zero attached hydrogens (tertiary/aromatic N) is 4. The number of halogens is 5. The molecule has 2 heterocycles. The fraction of sp³-hybridized carbons (Fsp3) is 0.250. The highest BCUT2D eigenvalue weighted by molar-refractivity contribution is 7.89. The number of nitriles is 1. The predicted molar refractivity (Wildman–Crippen MR) is 123 cm³/mol. The zero-order valence-corrected chi connectivity index (χ0v) is 20.1. The van der Waals surface area contributed by atoms with E-state index in [1.807, 2.05) is 6.07 Å². The molecule has 38 heavy (non-hydrogen) atoms. The number of rotatable bonds is 6. The molecule has 1 aliphatic heterocycles. The van der Waals surface area contributed by atoms with Crippen LogP contribution >= 0.6 is 0 Å². The maximum atomic E-state index is 14.2. The SMILES string of the molecule is N#Cc1ccc(-c2cnc(C(F)(F)F)nc2)cc1CNC(=O)C1CC(F)CN1S(=O)(=O)c1ccc(F)cc1. The van der Waals surface area contributed by atoms with Crippen LogP contribution in [0.1, 0.15) is 23.4 Å². The number of nitrogens with one attached hydrogen (secondary N) is 1. The van der Waals surface area contributed by atoms with Gasteiger partial charge in [0.25, 0.3) is 0 Å². The van der Waals surface area contributed by atoms with Crippen LogP contribution in [0.2, 0.25) is 0 Å². The summed E-state index contributed by atoms with van der Waals surface area (Å²) in [6.07, 6.45) is -4.79. The summed E-state index contributed by atoms with van der Waals surface area (Å²) in [5.41, 5.74) is 1.02. The van der Waals surface area contributed by atoms with Gasteiger partial charge in [-0.3, -0.25) is 4.79 Å². The molecule has 4 rings (SSSR count). The lowest BCUT2D eigenvalue weighted by atomic mass is 10.0. The summed E-state index contributed by atoms with van der Waals surface area (Å²) in [4.78, 5) is 19.2. The van der Waals surface area contributed by atoms with Gasteiger partial charge in [-0.05, 0) is 47.5 Å². The first-order chi connectivity index (χ1) is 17.9. The highest BCUT2D eigenvalue weighted by Gasteiger charge is 2.44. The van der Waals surface area contributed by atoms with Crippen molar-refractivity contribution in [3.8, 4) is 17.2 Å². The highest BCUT2D eigenvalue weighted by atomic mass is 32.2. The van der Waals surface area contributed by atoms with Crippen LogP contribution in [0.5, 0.6) is 0 Å². The van der Waals surface area contributed by atoms with Gasteiger partial charge >= 0.3 is 6.18 Å². The molecule has 3 aromatic rings. The summed E-state index contributed by atoms with van der Waals surface area (Å²) in [5, 5.41) is 11.9. The topological polar surface area (TPSA) is 116 Å². The van der Waals surface area contributed by atoms with Gasteiger partial charge in [-0.15, -0.1) is 0 Å². The zero-order chi connectivity index (χ0) is 27.7. The molecule has 1 aromatic heterocycles.